The van der Waals surface area contributed by atoms with Gasteiger partial charge < -0.3 is 0 Å². The molecule has 0 heterocycles. The molecule has 3 aromatic carbocycles. The van der Waals surface area contributed by atoms with E-state index in [-0.39, 0.29) is 16.0 Å². The summed E-state index contributed by atoms with van der Waals surface area (Å²) in [4.78, 5) is 25.8. The van der Waals surface area contributed by atoms with Crippen LogP contribution in [0.4, 0.5) is 8.78 Å². The van der Waals surface area contributed by atoms with Crippen LogP contribution in [-0.4, -0.2) is 22.2 Å². The minimum Gasteiger partial charge on any atom is -0.289 e. The minimum atomic E-state index is -3.19. The van der Waals surface area contributed by atoms with Gasteiger partial charge in [0.15, 0.2) is 17.4 Å². The lowest BCUT2D eigenvalue weighted by Gasteiger charge is -2.09. The van der Waals surface area contributed by atoms with Crippen LogP contribution in [0, 0.1) is 11.6 Å². The smallest absolute Gasteiger partial charge is 0.286 e. The zero-order valence-corrected chi connectivity index (χ0v) is 17.5. The van der Waals surface area contributed by atoms with Crippen molar-refractivity contribution >= 4 is 37.3 Å². The average Bonchev–Trinajstić information content (AvgIpc) is 2.69. The number of amides is 1. The van der Waals surface area contributed by atoms with Crippen LogP contribution in [0.5, 0.6) is 0 Å². The maximum absolute atomic E-state index is 13.8. The maximum atomic E-state index is 13.8. The highest BCUT2D eigenvalue weighted by molar-refractivity contribution is 9.10. The van der Waals surface area contributed by atoms with Gasteiger partial charge in [-0.05, 0) is 30.3 Å². The van der Waals surface area contributed by atoms with Gasteiger partial charge in [-0.1, -0.05) is 52.3 Å². The first-order valence-corrected chi connectivity index (χ1v) is 11.0. The Bertz CT molecular complexity index is 1240. The molecule has 0 aliphatic heterocycles. The Kier molecular flexibility index (Phi) is 6.04. The molecule has 29 heavy (non-hydrogen) atoms. The number of nitrogens with zero attached hydrogens (tertiary/aromatic N) is 1. The SMILES string of the molecule is CS(=O)(=NC(=O)c1cc(F)c(F)cc1C(=O)c1ccccc1)c1cccc(Br)c1. The third kappa shape index (κ3) is 4.65. The molecule has 0 aromatic heterocycles. The minimum absolute atomic E-state index is 0.191. The van der Waals surface area contributed by atoms with E-state index in [0.717, 1.165) is 0 Å². The zero-order chi connectivity index (χ0) is 21.2. The van der Waals surface area contributed by atoms with E-state index < -0.39 is 38.6 Å². The van der Waals surface area contributed by atoms with Gasteiger partial charge in [0.25, 0.3) is 5.91 Å². The molecule has 148 valence electrons. The number of hydrogen-bond donors (Lipinski definition) is 0. The number of carbonyl (C=O) groups excluding carboxylic acids is 2. The summed E-state index contributed by atoms with van der Waals surface area (Å²) in [7, 11) is -3.19. The lowest BCUT2D eigenvalue weighted by atomic mass is 9.97. The quantitative estimate of drug-likeness (QED) is 0.481. The summed E-state index contributed by atoms with van der Waals surface area (Å²) in [6.07, 6.45) is 1.26. The fourth-order valence-corrected chi connectivity index (χ4v) is 4.37. The van der Waals surface area contributed by atoms with E-state index in [0.29, 0.717) is 16.6 Å². The number of halogens is 3. The van der Waals surface area contributed by atoms with E-state index in [1.54, 1.807) is 36.4 Å². The second-order valence-electron chi connectivity index (χ2n) is 6.16. The lowest BCUT2D eigenvalue weighted by molar-refractivity contribution is 0.0983. The molecule has 8 heteroatoms. The molecule has 4 nitrogen and oxygen atoms in total. The standard InChI is InChI=1S/C21H14BrF2NO3S/c1-29(28,15-9-5-8-14(22)10-15)25-21(27)17-12-19(24)18(23)11-16(17)20(26)13-6-3-2-4-7-13/h2-12H,1H3. The van der Waals surface area contributed by atoms with Crippen LogP contribution in [0.1, 0.15) is 26.3 Å². The number of rotatable bonds is 4. The van der Waals surface area contributed by atoms with Crippen LogP contribution in [0.15, 0.2) is 80.5 Å². The van der Waals surface area contributed by atoms with Crippen molar-refractivity contribution in [1.82, 2.24) is 0 Å². The number of carbonyl (C=O) groups is 2. The van der Waals surface area contributed by atoms with Gasteiger partial charge in [-0.2, -0.15) is 4.36 Å². The maximum Gasteiger partial charge on any atom is 0.286 e. The topological polar surface area (TPSA) is 63.6 Å². The molecule has 1 unspecified atom stereocenters. The van der Waals surface area contributed by atoms with Gasteiger partial charge in [0, 0.05) is 26.8 Å². The van der Waals surface area contributed by atoms with Crippen molar-refractivity contribution in [3.63, 3.8) is 0 Å². The first-order valence-electron chi connectivity index (χ1n) is 8.30. The van der Waals surface area contributed by atoms with Crippen LogP contribution in [-0.2, 0) is 9.73 Å². The second kappa shape index (κ2) is 8.34. The molecular formula is C21H14BrF2NO3S. The number of benzene rings is 3. The summed E-state index contributed by atoms with van der Waals surface area (Å²) in [6.45, 7) is 0. The van der Waals surface area contributed by atoms with Crippen LogP contribution >= 0.6 is 15.9 Å². The van der Waals surface area contributed by atoms with E-state index >= 15 is 0 Å². The Balaban J connectivity index is 2.13. The molecule has 0 radical (unpaired) electrons. The molecule has 0 spiro atoms. The van der Waals surface area contributed by atoms with Crippen molar-refractivity contribution in [3.05, 3.63) is 99.5 Å². The fourth-order valence-electron chi connectivity index (χ4n) is 2.62. The number of hydrogen-bond acceptors (Lipinski definition) is 3. The van der Waals surface area contributed by atoms with Crippen LogP contribution < -0.4 is 0 Å². The van der Waals surface area contributed by atoms with Crippen LogP contribution in [0.25, 0.3) is 0 Å². The molecule has 0 saturated carbocycles. The molecule has 0 aliphatic carbocycles. The van der Waals surface area contributed by atoms with E-state index in [2.05, 4.69) is 20.3 Å². The van der Waals surface area contributed by atoms with Crippen molar-refractivity contribution in [2.24, 2.45) is 4.36 Å². The first-order chi connectivity index (χ1) is 13.7. The summed E-state index contributed by atoms with van der Waals surface area (Å²) < 4.78 is 45.0. The fraction of sp³-hybridized carbons (Fsp3) is 0.0476. The molecule has 0 saturated heterocycles. The van der Waals surface area contributed by atoms with E-state index in [1.807, 2.05) is 0 Å². The summed E-state index contributed by atoms with van der Waals surface area (Å²) in [6, 6.07) is 15.5. The Labute approximate surface area is 174 Å². The first kappa shape index (κ1) is 21.0. The second-order valence-corrected chi connectivity index (χ2v) is 9.34. The highest BCUT2D eigenvalue weighted by Crippen LogP contribution is 2.22. The molecule has 0 fully saturated rings. The average molecular weight is 478 g/mol. The number of ketones is 1. The summed E-state index contributed by atoms with van der Waals surface area (Å²) in [5, 5.41) is 0. The highest BCUT2D eigenvalue weighted by Gasteiger charge is 2.23. The monoisotopic (exact) mass is 477 g/mol. The Morgan fingerprint density at radius 1 is 0.897 bits per heavy atom. The third-order valence-corrected chi connectivity index (χ3v) is 6.20. The summed E-state index contributed by atoms with van der Waals surface area (Å²) in [5.41, 5.74) is -0.618. The predicted octanol–water partition coefficient (Wildman–Crippen LogP) is 5.26. The molecular weight excluding hydrogens is 464 g/mol. The van der Waals surface area contributed by atoms with E-state index in [1.165, 1.54) is 24.5 Å². The van der Waals surface area contributed by atoms with Crippen LogP contribution in [0.2, 0.25) is 0 Å². The zero-order valence-electron chi connectivity index (χ0n) is 15.1. The molecule has 0 bridgehead atoms. The van der Waals surface area contributed by atoms with Gasteiger partial charge in [-0.3, -0.25) is 9.59 Å². The lowest BCUT2D eigenvalue weighted by Crippen LogP contribution is -2.12. The highest BCUT2D eigenvalue weighted by atomic mass is 79.9. The Morgan fingerprint density at radius 3 is 2.14 bits per heavy atom. The predicted molar refractivity (Wildman–Crippen MR) is 109 cm³/mol. The van der Waals surface area contributed by atoms with Gasteiger partial charge in [-0.25, -0.2) is 13.0 Å². The molecule has 0 aliphatic rings. The molecule has 3 aromatic rings. The summed E-state index contributed by atoms with van der Waals surface area (Å²) >= 11 is 3.25. The van der Waals surface area contributed by atoms with Gasteiger partial charge in [0.1, 0.15) is 0 Å². The summed E-state index contributed by atoms with van der Waals surface area (Å²) in [5.74, 6) is -4.33. The van der Waals surface area contributed by atoms with Crippen molar-refractivity contribution in [2.75, 3.05) is 6.26 Å². The van der Waals surface area contributed by atoms with Gasteiger partial charge in [-0.15, -0.1) is 0 Å². The molecule has 1 atom stereocenters. The molecule has 0 N–H and O–H groups in total. The van der Waals surface area contributed by atoms with E-state index in [4.69, 9.17) is 0 Å². The molecule has 3 rings (SSSR count). The Morgan fingerprint density at radius 2 is 1.52 bits per heavy atom. The van der Waals surface area contributed by atoms with Crippen LogP contribution in [0.3, 0.4) is 0 Å². The third-order valence-electron chi connectivity index (χ3n) is 4.06. The van der Waals surface area contributed by atoms with Gasteiger partial charge >= 0.3 is 0 Å². The van der Waals surface area contributed by atoms with Gasteiger partial charge in [0.05, 0.1) is 15.3 Å². The van der Waals surface area contributed by atoms with E-state index in [9.17, 15) is 22.6 Å². The van der Waals surface area contributed by atoms with Crippen molar-refractivity contribution in [2.45, 2.75) is 4.90 Å². The largest absolute Gasteiger partial charge is 0.289 e. The van der Waals surface area contributed by atoms with Gasteiger partial charge in [0.2, 0.25) is 0 Å². The van der Waals surface area contributed by atoms with Crippen molar-refractivity contribution in [1.29, 1.82) is 0 Å². The van der Waals surface area contributed by atoms with Crippen molar-refractivity contribution in [3.8, 4) is 0 Å². The Hall–Kier alpha value is -2.71. The molecule has 1 amide bonds. The van der Waals surface area contributed by atoms with Crippen molar-refractivity contribution < 1.29 is 22.6 Å². The normalized spacial score (nSPS) is 12.8.